The SMILES string of the molecule is N#Cc1ccccc1-c1ccc2c(c1)Oc1cc3c(cc1O2)C(c1ccccc1)(c1ccccc1)c1ccccc1-3. The van der Waals surface area contributed by atoms with Crippen molar-refractivity contribution in [2.45, 2.75) is 5.41 Å². The molecule has 0 saturated carbocycles. The number of ether oxygens (including phenoxy) is 2. The normalized spacial score (nSPS) is 13.4. The molecule has 0 radical (unpaired) electrons. The van der Waals surface area contributed by atoms with E-state index in [1.165, 1.54) is 27.8 Å². The number of benzene rings is 6. The molecule has 0 saturated heterocycles. The molecule has 0 N–H and O–H groups in total. The Morgan fingerprint density at radius 3 is 1.78 bits per heavy atom. The lowest BCUT2D eigenvalue weighted by atomic mass is 9.67. The van der Waals surface area contributed by atoms with Crippen molar-refractivity contribution in [2.24, 2.45) is 0 Å². The van der Waals surface area contributed by atoms with E-state index in [9.17, 15) is 5.26 Å². The molecule has 1 aliphatic heterocycles. The van der Waals surface area contributed by atoms with Gasteiger partial charge in [0, 0.05) is 0 Å². The summed E-state index contributed by atoms with van der Waals surface area (Å²) in [5.74, 6) is 2.64. The Morgan fingerprint density at radius 1 is 0.463 bits per heavy atom. The van der Waals surface area contributed by atoms with Gasteiger partial charge in [-0.25, -0.2) is 0 Å². The van der Waals surface area contributed by atoms with E-state index in [0.717, 1.165) is 16.7 Å². The largest absolute Gasteiger partial charge is 0.450 e. The third-order valence-electron chi connectivity index (χ3n) is 8.26. The second kappa shape index (κ2) is 8.98. The summed E-state index contributed by atoms with van der Waals surface area (Å²) >= 11 is 0. The number of nitrogens with zero attached hydrogens (tertiary/aromatic N) is 1. The molecule has 0 unspecified atom stereocenters. The average molecular weight is 526 g/mol. The van der Waals surface area contributed by atoms with Crippen LogP contribution in [-0.2, 0) is 5.41 Å². The maximum Gasteiger partial charge on any atom is 0.170 e. The van der Waals surface area contributed by atoms with Crippen LogP contribution in [-0.4, -0.2) is 0 Å². The van der Waals surface area contributed by atoms with E-state index in [1.807, 2.05) is 42.5 Å². The maximum atomic E-state index is 9.62. The molecule has 0 aromatic heterocycles. The number of hydrogen-bond donors (Lipinski definition) is 0. The van der Waals surface area contributed by atoms with Crippen LogP contribution in [0.1, 0.15) is 27.8 Å². The lowest BCUT2D eigenvalue weighted by Gasteiger charge is -2.34. The predicted octanol–water partition coefficient (Wildman–Crippen LogP) is 9.49. The van der Waals surface area contributed by atoms with Crippen molar-refractivity contribution >= 4 is 0 Å². The molecule has 3 nitrogen and oxygen atoms in total. The Balaban J connectivity index is 1.33. The van der Waals surface area contributed by atoms with Gasteiger partial charge in [0.15, 0.2) is 23.0 Å². The van der Waals surface area contributed by atoms with Gasteiger partial charge in [-0.2, -0.15) is 5.26 Å². The van der Waals surface area contributed by atoms with Crippen molar-refractivity contribution in [3.8, 4) is 51.3 Å². The molecule has 8 rings (SSSR count). The topological polar surface area (TPSA) is 42.2 Å². The zero-order chi connectivity index (χ0) is 27.4. The minimum Gasteiger partial charge on any atom is -0.450 e. The zero-order valence-corrected chi connectivity index (χ0v) is 22.0. The molecule has 0 fully saturated rings. The Morgan fingerprint density at radius 2 is 1.05 bits per heavy atom. The van der Waals surface area contributed by atoms with E-state index in [1.54, 1.807) is 0 Å². The van der Waals surface area contributed by atoms with Crippen molar-refractivity contribution in [3.63, 3.8) is 0 Å². The second-order valence-electron chi connectivity index (χ2n) is 10.4. The van der Waals surface area contributed by atoms with E-state index < -0.39 is 5.41 Å². The standard InChI is InChI=1S/C38H23NO2/c39-24-26-11-7-8-16-29(26)25-19-20-34-35(21-25)41-36-22-31-30-17-9-10-18-32(30)38(27-12-3-1-4-13-27,28-14-5-2-6-15-28)33(31)23-37(36)40-34/h1-23H. The minimum absolute atomic E-state index is 0.502. The summed E-state index contributed by atoms with van der Waals surface area (Å²) in [4.78, 5) is 0. The monoisotopic (exact) mass is 525 g/mol. The molecule has 41 heavy (non-hydrogen) atoms. The summed E-state index contributed by atoms with van der Waals surface area (Å²) in [6.07, 6.45) is 0. The van der Waals surface area contributed by atoms with Crippen molar-refractivity contribution in [2.75, 3.05) is 0 Å². The van der Waals surface area contributed by atoms with Crippen LogP contribution in [0.3, 0.4) is 0 Å². The van der Waals surface area contributed by atoms with E-state index in [2.05, 4.69) is 103 Å². The Kier molecular flexibility index (Phi) is 5.10. The summed E-state index contributed by atoms with van der Waals surface area (Å²) in [6.45, 7) is 0. The molecule has 0 bridgehead atoms. The number of nitriles is 1. The van der Waals surface area contributed by atoms with Gasteiger partial charge in [-0.1, -0.05) is 109 Å². The summed E-state index contributed by atoms with van der Waals surface area (Å²) in [7, 11) is 0. The molecule has 0 amide bonds. The van der Waals surface area contributed by atoms with Crippen LogP contribution in [0.4, 0.5) is 0 Å². The molecule has 0 atom stereocenters. The van der Waals surface area contributed by atoms with Crippen LogP contribution in [0.2, 0.25) is 0 Å². The summed E-state index contributed by atoms with van der Waals surface area (Å²) < 4.78 is 13.0. The first-order chi connectivity index (χ1) is 20.3. The highest BCUT2D eigenvalue weighted by Crippen LogP contribution is 2.59. The Hall–Kier alpha value is -5.59. The third kappa shape index (κ3) is 3.38. The molecule has 2 aliphatic rings. The second-order valence-corrected chi connectivity index (χ2v) is 10.4. The van der Waals surface area contributed by atoms with E-state index >= 15 is 0 Å². The highest BCUT2D eigenvalue weighted by atomic mass is 16.6. The van der Waals surface area contributed by atoms with Crippen LogP contribution in [0.5, 0.6) is 23.0 Å². The molecule has 3 heteroatoms. The van der Waals surface area contributed by atoms with E-state index in [4.69, 9.17) is 9.47 Å². The van der Waals surface area contributed by atoms with Crippen molar-refractivity contribution < 1.29 is 9.47 Å². The first-order valence-electron chi connectivity index (χ1n) is 13.7. The number of hydrogen-bond acceptors (Lipinski definition) is 3. The van der Waals surface area contributed by atoms with Gasteiger partial charge in [-0.3, -0.25) is 0 Å². The molecule has 192 valence electrons. The van der Waals surface area contributed by atoms with Gasteiger partial charge < -0.3 is 9.47 Å². The maximum absolute atomic E-state index is 9.62. The number of rotatable bonds is 3. The zero-order valence-electron chi connectivity index (χ0n) is 22.0. The smallest absolute Gasteiger partial charge is 0.170 e. The Bertz CT molecular complexity index is 1970. The number of fused-ring (bicyclic) bond motifs is 5. The predicted molar refractivity (Wildman–Crippen MR) is 160 cm³/mol. The van der Waals surface area contributed by atoms with Crippen molar-refractivity contribution in [1.29, 1.82) is 5.26 Å². The van der Waals surface area contributed by atoms with E-state index in [-0.39, 0.29) is 0 Å². The van der Waals surface area contributed by atoms with Gasteiger partial charge in [0.2, 0.25) is 0 Å². The van der Waals surface area contributed by atoms with Gasteiger partial charge in [-0.15, -0.1) is 0 Å². The van der Waals surface area contributed by atoms with Crippen LogP contribution in [0.25, 0.3) is 22.3 Å². The molecule has 0 spiro atoms. The van der Waals surface area contributed by atoms with E-state index in [0.29, 0.717) is 28.6 Å². The third-order valence-corrected chi connectivity index (χ3v) is 8.26. The summed E-state index contributed by atoms with van der Waals surface area (Å²) in [6, 6.07) is 50.1. The first kappa shape index (κ1) is 23.3. The van der Waals surface area contributed by atoms with Crippen molar-refractivity contribution in [1.82, 2.24) is 0 Å². The molecule has 1 aliphatic carbocycles. The van der Waals surface area contributed by atoms with Gasteiger partial charge in [0.1, 0.15) is 0 Å². The van der Waals surface area contributed by atoms with Crippen LogP contribution in [0, 0.1) is 11.3 Å². The fourth-order valence-corrected chi connectivity index (χ4v) is 6.52. The molecular formula is C38H23NO2. The first-order valence-corrected chi connectivity index (χ1v) is 13.7. The summed E-state index contributed by atoms with van der Waals surface area (Å²) in [5, 5.41) is 9.62. The molecule has 6 aromatic carbocycles. The summed E-state index contributed by atoms with van der Waals surface area (Å²) in [5.41, 5.74) is 9.02. The quantitative estimate of drug-likeness (QED) is 0.231. The average Bonchev–Trinajstić information content (AvgIpc) is 3.33. The van der Waals surface area contributed by atoms with Gasteiger partial charge >= 0.3 is 0 Å². The highest BCUT2D eigenvalue weighted by Gasteiger charge is 2.47. The lowest BCUT2D eigenvalue weighted by molar-refractivity contribution is 0.359. The van der Waals surface area contributed by atoms with Crippen molar-refractivity contribution in [3.05, 3.63) is 167 Å². The molecule has 6 aromatic rings. The van der Waals surface area contributed by atoms with Gasteiger partial charge in [0.25, 0.3) is 0 Å². The van der Waals surface area contributed by atoms with Crippen LogP contribution in [0.15, 0.2) is 140 Å². The minimum atomic E-state index is -0.502. The fraction of sp³-hybridized carbons (Fsp3) is 0.0263. The Labute approximate surface area is 238 Å². The lowest BCUT2D eigenvalue weighted by Crippen LogP contribution is -2.28. The molecular weight excluding hydrogens is 502 g/mol. The van der Waals surface area contributed by atoms with Gasteiger partial charge in [-0.05, 0) is 74.8 Å². The molecule has 1 heterocycles. The van der Waals surface area contributed by atoms with Crippen LogP contribution >= 0.6 is 0 Å². The van der Waals surface area contributed by atoms with Gasteiger partial charge in [0.05, 0.1) is 17.0 Å². The van der Waals surface area contributed by atoms with Crippen LogP contribution < -0.4 is 9.47 Å². The fourth-order valence-electron chi connectivity index (χ4n) is 6.52. The highest BCUT2D eigenvalue weighted by molar-refractivity contribution is 5.88.